The van der Waals surface area contributed by atoms with Gasteiger partial charge in [-0.05, 0) is 0 Å². The van der Waals surface area contributed by atoms with Crippen LogP contribution in [0.5, 0.6) is 0 Å². The molecule has 0 N–H and O–H groups in total. The van der Waals surface area contributed by atoms with E-state index in [0.29, 0.717) is 0 Å². The molecule has 0 heterocycles. The molecule has 8 heteroatoms. The predicted octanol–water partition coefficient (Wildman–Crippen LogP) is -0.216. The molecule has 0 aromatic rings. The first-order valence-corrected chi connectivity index (χ1v) is 3.90. The second kappa shape index (κ2) is 3.53. The van der Waals surface area contributed by atoms with Crippen molar-refractivity contribution in [2.24, 2.45) is 0 Å². The number of hydrogen-bond donors (Lipinski definition) is 0. The largest absolute Gasteiger partial charge is 0.790 e. The van der Waals surface area contributed by atoms with Gasteiger partial charge in [0.25, 0.3) is 0 Å². The van der Waals surface area contributed by atoms with Crippen LogP contribution < -0.4 is 9.79 Å². The van der Waals surface area contributed by atoms with E-state index in [-0.39, 0.29) is 0 Å². The fourth-order valence-electron chi connectivity index (χ4n) is 0.273. The third-order valence-corrected chi connectivity index (χ3v) is 1.13. The molecule has 4 nitrogen and oxygen atoms in total. The molecule has 0 radical (unpaired) electrons. The van der Waals surface area contributed by atoms with Crippen molar-refractivity contribution in [2.45, 2.75) is 12.6 Å². The molecular formula is C3H4F3O4P-2. The topological polar surface area (TPSA) is 72.4 Å². The number of phosphoric ester groups is 1. The highest BCUT2D eigenvalue weighted by atomic mass is 31.2. The second-order valence-corrected chi connectivity index (χ2v) is 2.80. The highest BCUT2D eigenvalue weighted by Gasteiger charge is 2.26. The number of phosphoric acid groups is 1. The van der Waals surface area contributed by atoms with Crippen LogP contribution in [0.3, 0.4) is 0 Å². The number of rotatable bonds is 3. The molecular weight excluding hydrogens is 188 g/mol. The van der Waals surface area contributed by atoms with Gasteiger partial charge in [0.15, 0.2) is 0 Å². The summed E-state index contributed by atoms with van der Waals surface area (Å²) in [7, 11) is -5.25. The Kier molecular flexibility index (Phi) is 3.50. The van der Waals surface area contributed by atoms with Crippen molar-refractivity contribution in [3.8, 4) is 0 Å². The van der Waals surface area contributed by atoms with E-state index >= 15 is 0 Å². The molecule has 11 heavy (non-hydrogen) atoms. The third kappa shape index (κ3) is 9.90. The molecule has 0 aromatic carbocycles. The normalized spacial score (nSPS) is 13.5. The smallest absolute Gasteiger partial charge is 0.391 e. The van der Waals surface area contributed by atoms with Crippen LogP contribution in [0.2, 0.25) is 0 Å². The first kappa shape index (κ1) is 10.9. The number of alkyl halides is 3. The molecule has 0 unspecified atom stereocenters. The van der Waals surface area contributed by atoms with Crippen LogP contribution in [-0.2, 0) is 9.09 Å². The summed E-state index contributed by atoms with van der Waals surface area (Å²) >= 11 is 0. The Labute approximate surface area is 60.2 Å². The molecule has 0 aliphatic rings. The van der Waals surface area contributed by atoms with Crippen molar-refractivity contribution in [3.05, 3.63) is 0 Å². The predicted molar refractivity (Wildman–Crippen MR) is 24.2 cm³/mol. The van der Waals surface area contributed by atoms with Crippen LogP contribution in [0.25, 0.3) is 0 Å². The minimum atomic E-state index is -5.25. The van der Waals surface area contributed by atoms with Crippen LogP contribution in [0.1, 0.15) is 6.42 Å². The lowest BCUT2D eigenvalue weighted by atomic mass is 10.5. The van der Waals surface area contributed by atoms with Gasteiger partial charge in [-0.15, -0.1) is 0 Å². The van der Waals surface area contributed by atoms with E-state index in [2.05, 4.69) is 4.52 Å². The highest BCUT2D eigenvalue weighted by Crippen LogP contribution is 2.27. The molecule has 0 atom stereocenters. The fourth-order valence-corrected chi connectivity index (χ4v) is 0.588. The zero-order valence-electron chi connectivity index (χ0n) is 5.13. The van der Waals surface area contributed by atoms with E-state index in [1.807, 2.05) is 0 Å². The van der Waals surface area contributed by atoms with Gasteiger partial charge in [-0.3, -0.25) is 0 Å². The zero-order valence-corrected chi connectivity index (χ0v) is 6.02. The Morgan fingerprint density at radius 3 is 2.09 bits per heavy atom. The van der Waals surface area contributed by atoms with Gasteiger partial charge in [0, 0.05) is 0 Å². The van der Waals surface area contributed by atoms with Crippen LogP contribution in [0.4, 0.5) is 13.2 Å². The van der Waals surface area contributed by atoms with E-state index < -0.39 is 27.0 Å². The Bertz CT molecular complexity index is 160. The van der Waals surface area contributed by atoms with E-state index in [0.717, 1.165) is 0 Å². The summed E-state index contributed by atoms with van der Waals surface area (Å²) < 4.78 is 46.7. The fraction of sp³-hybridized carbons (Fsp3) is 1.00. The molecule has 0 spiro atoms. The molecule has 0 bridgehead atoms. The van der Waals surface area contributed by atoms with Crippen LogP contribution in [0, 0.1) is 0 Å². The average Bonchev–Trinajstić information content (AvgIpc) is 1.55. The Balaban J connectivity index is 3.52. The summed E-state index contributed by atoms with van der Waals surface area (Å²) in [4.78, 5) is 19.2. The van der Waals surface area contributed by atoms with Gasteiger partial charge in [-0.25, -0.2) is 0 Å². The lowest BCUT2D eigenvalue weighted by molar-refractivity contribution is -0.342. The van der Waals surface area contributed by atoms with Gasteiger partial charge in [-0.2, -0.15) is 13.2 Å². The van der Waals surface area contributed by atoms with Crippen molar-refractivity contribution in [3.63, 3.8) is 0 Å². The van der Waals surface area contributed by atoms with Gasteiger partial charge >= 0.3 is 6.18 Å². The van der Waals surface area contributed by atoms with Crippen molar-refractivity contribution in [1.29, 1.82) is 0 Å². The Hall–Kier alpha value is -0.100. The second-order valence-electron chi connectivity index (χ2n) is 1.65. The van der Waals surface area contributed by atoms with Gasteiger partial charge in [-0.1, -0.05) is 0 Å². The zero-order chi connectivity index (χ0) is 9.12. The SMILES string of the molecule is O=P([O-])([O-])OCCC(F)(F)F. The summed E-state index contributed by atoms with van der Waals surface area (Å²) in [6.07, 6.45) is -5.95. The summed E-state index contributed by atoms with van der Waals surface area (Å²) in [5.74, 6) is 0. The molecule has 0 fully saturated rings. The molecule has 0 aliphatic carbocycles. The molecule has 0 rings (SSSR count). The summed E-state index contributed by atoms with van der Waals surface area (Å²) in [5, 5.41) is 0. The summed E-state index contributed by atoms with van der Waals surface area (Å²) in [6.45, 7) is -1.15. The van der Waals surface area contributed by atoms with Crippen molar-refractivity contribution in [2.75, 3.05) is 6.61 Å². The Morgan fingerprint density at radius 1 is 1.36 bits per heavy atom. The maximum absolute atomic E-state index is 11.3. The first-order valence-electron chi connectivity index (χ1n) is 2.44. The van der Waals surface area contributed by atoms with Crippen molar-refractivity contribution >= 4 is 7.82 Å². The maximum Gasteiger partial charge on any atom is 0.391 e. The summed E-state index contributed by atoms with van der Waals surface area (Å²) in [6, 6.07) is 0. The molecule has 0 saturated heterocycles. The molecule has 0 aliphatic heterocycles. The van der Waals surface area contributed by atoms with Crippen LogP contribution >= 0.6 is 7.82 Å². The monoisotopic (exact) mass is 192 g/mol. The van der Waals surface area contributed by atoms with Gasteiger partial charge in [0.2, 0.25) is 0 Å². The standard InChI is InChI=1S/C3H6F3O4P/c4-3(5,6)1-2-10-11(7,8)9/h1-2H2,(H2,7,8,9)/p-2. The number of hydrogen-bond acceptors (Lipinski definition) is 4. The van der Waals surface area contributed by atoms with E-state index in [1.165, 1.54) is 0 Å². The lowest BCUT2D eigenvalue weighted by Crippen LogP contribution is -2.19. The number of halogens is 3. The van der Waals surface area contributed by atoms with Gasteiger partial charge < -0.3 is 18.9 Å². The third-order valence-electron chi connectivity index (χ3n) is 0.635. The average molecular weight is 192 g/mol. The van der Waals surface area contributed by atoms with E-state index in [4.69, 9.17) is 0 Å². The molecule has 68 valence electrons. The van der Waals surface area contributed by atoms with Crippen LogP contribution in [0.15, 0.2) is 0 Å². The minimum Gasteiger partial charge on any atom is -0.790 e. The van der Waals surface area contributed by atoms with E-state index in [1.54, 1.807) is 0 Å². The summed E-state index contributed by atoms with van der Waals surface area (Å²) in [5.41, 5.74) is 0. The highest BCUT2D eigenvalue weighted by molar-refractivity contribution is 7.43. The Morgan fingerprint density at radius 2 is 1.82 bits per heavy atom. The van der Waals surface area contributed by atoms with Crippen molar-refractivity contribution < 1.29 is 32.0 Å². The molecule has 0 aromatic heterocycles. The van der Waals surface area contributed by atoms with Gasteiger partial charge in [0.05, 0.1) is 20.9 Å². The minimum absolute atomic E-state index is 1.15. The lowest BCUT2D eigenvalue weighted by Gasteiger charge is -2.28. The van der Waals surface area contributed by atoms with Crippen molar-refractivity contribution in [1.82, 2.24) is 0 Å². The molecule has 0 saturated carbocycles. The molecule has 0 amide bonds. The van der Waals surface area contributed by atoms with Crippen LogP contribution in [-0.4, -0.2) is 12.8 Å². The van der Waals surface area contributed by atoms with E-state index in [9.17, 15) is 27.5 Å². The van der Waals surface area contributed by atoms with Gasteiger partial charge in [0.1, 0.15) is 0 Å². The first-order chi connectivity index (χ1) is 4.71. The maximum atomic E-state index is 11.3. The quantitative estimate of drug-likeness (QED) is 0.579.